The van der Waals surface area contributed by atoms with Gasteiger partial charge in [-0.1, -0.05) is 25.4 Å². The number of hydrogen-bond donors (Lipinski definition) is 0. The van der Waals surface area contributed by atoms with Gasteiger partial charge in [0, 0.05) is 28.6 Å². The number of nitrogens with zero attached hydrogens (tertiary/aromatic N) is 1. The lowest BCUT2D eigenvalue weighted by Crippen LogP contribution is -2.27. The predicted molar refractivity (Wildman–Crippen MR) is 99.6 cm³/mol. The molecule has 0 saturated carbocycles. The molecule has 1 aliphatic rings. The van der Waals surface area contributed by atoms with Crippen molar-refractivity contribution in [3.8, 4) is 0 Å². The number of Topliss-reactive ketones (excluding diaryl/α,β-unsaturated/α-hetero) is 1. The Kier molecular flexibility index (Phi) is 4.52. The predicted octanol–water partition coefficient (Wildman–Crippen LogP) is 5.88. The number of ketones is 1. The zero-order chi connectivity index (χ0) is 16.7. The molecule has 3 rings (SSSR count). The van der Waals surface area contributed by atoms with Gasteiger partial charge in [0.1, 0.15) is 5.00 Å². The van der Waals surface area contributed by atoms with Crippen LogP contribution in [0.15, 0.2) is 24.3 Å². The number of aryl methyl sites for hydroxylation is 1. The van der Waals surface area contributed by atoms with Crippen molar-refractivity contribution in [3.63, 3.8) is 0 Å². The van der Waals surface area contributed by atoms with E-state index in [0.717, 1.165) is 34.1 Å². The maximum atomic E-state index is 13.0. The highest BCUT2D eigenvalue weighted by atomic mass is 35.5. The minimum atomic E-state index is 0.147. The second-order valence-corrected chi connectivity index (χ2v) is 8.25. The average molecular weight is 348 g/mol. The fourth-order valence-corrected chi connectivity index (χ4v) is 4.70. The third kappa shape index (κ3) is 2.92. The van der Waals surface area contributed by atoms with Crippen LogP contribution in [0.1, 0.15) is 41.1 Å². The maximum Gasteiger partial charge on any atom is 0.169 e. The molecule has 0 spiro atoms. The largest absolute Gasteiger partial charge is 0.336 e. The van der Waals surface area contributed by atoms with Crippen molar-refractivity contribution in [3.05, 3.63) is 45.3 Å². The summed E-state index contributed by atoms with van der Waals surface area (Å²) in [4.78, 5) is 16.4. The van der Waals surface area contributed by atoms with E-state index in [1.807, 2.05) is 31.3 Å². The number of fused-ring (bicyclic) bond motifs is 1. The van der Waals surface area contributed by atoms with Gasteiger partial charge in [0.2, 0.25) is 0 Å². The van der Waals surface area contributed by atoms with Gasteiger partial charge < -0.3 is 4.90 Å². The zero-order valence-electron chi connectivity index (χ0n) is 14.0. The van der Waals surface area contributed by atoms with Crippen molar-refractivity contribution < 1.29 is 4.79 Å². The lowest BCUT2D eigenvalue weighted by Gasteiger charge is -2.27. The van der Waals surface area contributed by atoms with Crippen LogP contribution in [0, 0.1) is 18.8 Å². The molecule has 0 bridgehead atoms. The van der Waals surface area contributed by atoms with Gasteiger partial charge in [-0.2, -0.15) is 0 Å². The molecule has 0 radical (unpaired) electrons. The van der Waals surface area contributed by atoms with E-state index in [-0.39, 0.29) is 5.92 Å². The van der Waals surface area contributed by atoms with Gasteiger partial charge in [0.25, 0.3) is 0 Å². The Hall–Kier alpha value is -1.32. The van der Waals surface area contributed by atoms with Crippen molar-refractivity contribution in [1.82, 2.24) is 0 Å². The second kappa shape index (κ2) is 6.29. The summed E-state index contributed by atoms with van der Waals surface area (Å²) < 4.78 is 0. The molecule has 1 unspecified atom stereocenters. The lowest BCUT2D eigenvalue weighted by molar-refractivity contribution is 0.0865. The molecule has 1 atom stereocenters. The van der Waals surface area contributed by atoms with Crippen molar-refractivity contribution in [2.45, 2.75) is 33.6 Å². The standard InChI is InChI=1S/C19H22ClNOS/c1-11(2)15-9-10-16-12(3)23-19(17(16)18(15)22)21(4)14-7-5-13(20)6-8-14/h5-8,11,15H,9-10H2,1-4H3. The lowest BCUT2D eigenvalue weighted by atomic mass is 9.78. The average Bonchev–Trinajstić information content (AvgIpc) is 2.85. The fraction of sp³-hybridized carbons (Fsp3) is 0.421. The number of halogens is 1. The number of anilines is 2. The molecule has 4 heteroatoms. The van der Waals surface area contributed by atoms with E-state index in [1.54, 1.807) is 11.3 Å². The summed E-state index contributed by atoms with van der Waals surface area (Å²) in [6.45, 7) is 6.43. The monoisotopic (exact) mass is 347 g/mol. The Labute approximate surface area is 147 Å². The van der Waals surface area contributed by atoms with Crippen molar-refractivity contribution in [2.24, 2.45) is 11.8 Å². The smallest absolute Gasteiger partial charge is 0.169 e. The first-order valence-corrected chi connectivity index (χ1v) is 9.25. The highest BCUT2D eigenvalue weighted by Crippen LogP contribution is 2.44. The molecule has 0 N–H and O–H groups in total. The molecule has 1 aliphatic carbocycles. The Morgan fingerprint density at radius 2 is 1.91 bits per heavy atom. The highest BCUT2D eigenvalue weighted by molar-refractivity contribution is 7.16. The number of carbonyl (C=O) groups is 1. The molecule has 0 aliphatic heterocycles. The normalized spacial score (nSPS) is 17.5. The summed E-state index contributed by atoms with van der Waals surface area (Å²) in [5.74, 6) is 0.861. The third-order valence-electron chi connectivity index (χ3n) is 4.80. The minimum absolute atomic E-state index is 0.147. The first-order valence-electron chi connectivity index (χ1n) is 8.06. The van der Waals surface area contributed by atoms with E-state index < -0.39 is 0 Å². The first-order chi connectivity index (χ1) is 10.9. The van der Waals surface area contributed by atoms with E-state index in [1.165, 1.54) is 10.4 Å². The van der Waals surface area contributed by atoms with Gasteiger partial charge in [-0.05, 0) is 55.5 Å². The fourth-order valence-electron chi connectivity index (χ4n) is 3.39. The van der Waals surface area contributed by atoms with Crippen LogP contribution >= 0.6 is 22.9 Å². The number of carbonyl (C=O) groups excluding carboxylic acids is 1. The maximum absolute atomic E-state index is 13.0. The molecule has 2 nitrogen and oxygen atoms in total. The molecule has 1 aromatic carbocycles. The van der Waals surface area contributed by atoms with Gasteiger partial charge >= 0.3 is 0 Å². The SMILES string of the molecule is Cc1sc(N(C)c2ccc(Cl)cc2)c2c1CCC(C(C)C)C2=O. The van der Waals surface area contributed by atoms with Gasteiger partial charge in [-0.25, -0.2) is 0 Å². The van der Waals surface area contributed by atoms with E-state index in [2.05, 4.69) is 25.7 Å². The van der Waals surface area contributed by atoms with Crippen LogP contribution in [-0.4, -0.2) is 12.8 Å². The molecule has 2 aromatic rings. The third-order valence-corrected chi connectivity index (χ3v) is 6.28. The minimum Gasteiger partial charge on any atom is -0.336 e. The van der Waals surface area contributed by atoms with E-state index >= 15 is 0 Å². The zero-order valence-corrected chi connectivity index (χ0v) is 15.6. The molecule has 1 aromatic heterocycles. The van der Waals surface area contributed by atoms with Crippen molar-refractivity contribution in [1.29, 1.82) is 0 Å². The van der Waals surface area contributed by atoms with Crippen LogP contribution in [0.3, 0.4) is 0 Å². The van der Waals surface area contributed by atoms with Gasteiger partial charge in [0.05, 0.1) is 5.56 Å². The molecular weight excluding hydrogens is 326 g/mol. The number of rotatable bonds is 3. The topological polar surface area (TPSA) is 20.3 Å². The summed E-state index contributed by atoms with van der Waals surface area (Å²) in [5.41, 5.74) is 3.26. The van der Waals surface area contributed by atoms with Crippen LogP contribution in [0.25, 0.3) is 0 Å². The van der Waals surface area contributed by atoms with Crippen LogP contribution in [0.2, 0.25) is 5.02 Å². The molecule has 1 heterocycles. The molecule has 23 heavy (non-hydrogen) atoms. The second-order valence-electron chi connectivity index (χ2n) is 6.61. The highest BCUT2D eigenvalue weighted by Gasteiger charge is 2.35. The summed E-state index contributed by atoms with van der Waals surface area (Å²) in [5, 5.41) is 1.79. The Morgan fingerprint density at radius 1 is 1.26 bits per heavy atom. The van der Waals surface area contributed by atoms with Crippen LogP contribution in [0.5, 0.6) is 0 Å². The van der Waals surface area contributed by atoms with Crippen LogP contribution in [-0.2, 0) is 6.42 Å². The Balaban J connectivity index is 2.05. The number of hydrogen-bond acceptors (Lipinski definition) is 3. The van der Waals surface area contributed by atoms with Crippen LogP contribution in [0.4, 0.5) is 10.7 Å². The van der Waals surface area contributed by atoms with Crippen molar-refractivity contribution >= 4 is 39.4 Å². The van der Waals surface area contributed by atoms with Gasteiger partial charge in [-0.3, -0.25) is 4.79 Å². The number of thiophene rings is 1. The number of benzene rings is 1. The summed E-state index contributed by atoms with van der Waals surface area (Å²) >= 11 is 7.72. The van der Waals surface area contributed by atoms with Gasteiger partial charge in [0.15, 0.2) is 5.78 Å². The quantitative estimate of drug-likeness (QED) is 0.691. The van der Waals surface area contributed by atoms with Gasteiger partial charge in [-0.15, -0.1) is 11.3 Å². The van der Waals surface area contributed by atoms with E-state index in [0.29, 0.717) is 11.7 Å². The van der Waals surface area contributed by atoms with E-state index in [9.17, 15) is 4.79 Å². The van der Waals surface area contributed by atoms with E-state index in [4.69, 9.17) is 11.6 Å². The van der Waals surface area contributed by atoms with Crippen molar-refractivity contribution in [2.75, 3.05) is 11.9 Å². The molecule has 0 amide bonds. The van der Waals surface area contributed by atoms with Crippen LogP contribution < -0.4 is 4.90 Å². The molecule has 122 valence electrons. The first kappa shape index (κ1) is 16.5. The summed E-state index contributed by atoms with van der Waals surface area (Å²) in [6.07, 6.45) is 1.99. The molecule has 0 fully saturated rings. The molecular formula is C19H22ClNOS. The summed E-state index contributed by atoms with van der Waals surface area (Å²) in [6, 6.07) is 7.77. The Bertz CT molecular complexity index is 733. The molecule has 0 saturated heterocycles. The Morgan fingerprint density at radius 3 is 2.52 bits per heavy atom. The summed E-state index contributed by atoms with van der Waals surface area (Å²) in [7, 11) is 2.03.